The molecule has 0 fully saturated rings. The summed E-state index contributed by atoms with van der Waals surface area (Å²) in [6.45, 7) is 0. The minimum Gasteiger partial charge on any atom is -0.308 e. The number of rotatable bonds is 2. The van der Waals surface area contributed by atoms with Gasteiger partial charge in [-0.2, -0.15) is 0 Å². The Hall–Kier alpha value is -7.08. The van der Waals surface area contributed by atoms with E-state index in [1.54, 1.807) is 11.3 Å². The molecular weight excluding hydrogens is 689 g/mol. The molecule has 0 amide bonds. The van der Waals surface area contributed by atoms with Crippen LogP contribution in [0.5, 0.6) is 0 Å². The lowest BCUT2D eigenvalue weighted by Gasteiger charge is -2.12. The van der Waals surface area contributed by atoms with Crippen LogP contribution in [0, 0.1) is 0 Å². The van der Waals surface area contributed by atoms with Crippen molar-refractivity contribution in [3.05, 3.63) is 170 Å². The molecule has 0 radical (unpaired) electrons. The normalized spacial score (nSPS) is 12.4. The SMILES string of the molecule is c1ccc2c(c1)-c1ccccc1-n1c3cc4c5ccccc5n(-c5nc(-c6ccc7ccccc7c6)c6c(n5)sc5ccccc56)c4cc3c3cccc-2c31. The van der Waals surface area contributed by atoms with Gasteiger partial charge in [-0.3, -0.25) is 4.57 Å². The second-order valence-electron chi connectivity index (χ2n) is 14.6. The fourth-order valence-corrected chi connectivity index (χ4v) is 10.4. The van der Waals surface area contributed by atoms with Crippen LogP contribution in [0.4, 0.5) is 0 Å². The van der Waals surface area contributed by atoms with Crippen molar-refractivity contribution in [3.63, 3.8) is 0 Å². The maximum Gasteiger partial charge on any atom is 0.236 e. The minimum atomic E-state index is 0.678. The van der Waals surface area contributed by atoms with Gasteiger partial charge in [0.2, 0.25) is 5.95 Å². The topological polar surface area (TPSA) is 35.6 Å². The highest BCUT2D eigenvalue weighted by molar-refractivity contribution is 7.25. The molecule has 55 heavy (non-hydrogen) atoms. The predicted octanol–water partition coefficient (Wildman–Crippen LogP) is 13.5. The number of aromatic nitrogens is 4. The first-order chi connectivity index (χ1) is 27.3. The van der Waals surface area contributed by atoms with Crippen LogP contribution < -0.4 is 0 Å². The molecule has 5 heteroatoms. The molecule has 0 N–H and O–H groups in total. The Balaban J connectivity index is 1.16. The molecule has 13 rings (SSSR count). The molecule has 0 saturated heterocycles. The van der Waals surface area contributed by atoms with E-state index in [1.807, 2.05) is 0 Å². The van der Waals surface area contributed by atoms with E-state index in [4.69, 9.17) is 9.97 Å². The number of nitrogens with zero attached hydrogens (tertiary/aromatic N) is 4. The molecule has 4 nitrogen and oxygen atoms in total. The fourth-order valence-electron chi connectivity index (χ4n) is 9.32. The van der Waals surface area contributed by atoms with E-state index in [9.17, 15) is 0 Å². The van der Waals surface area contributed by atoms with Gasteiger partial charge in [0.05, 0.1) is 33.4 Å². The van der Waals surface area contributed by atoms with Crippen LogP contribution in [-0.2, 0) is 0 Å². The Labute approximate surface area is 318 Å². The molecule has 0 aliphatic carbocycles. The molecule has 0 atom stereocenters. The third-order valence-electron chi connectivity index (χ3n) is 11.7. The van der Waals surface area contributed by atoms with Gasteiger partial charge in [-0.25, -0.2) is 9.97 Å². The van der Waals surface area contributed by atoms with E-state index in [2.05, 4.69) is 179 Å². The van der Waals surface area contributed by atoms with Crippen molar-refractivity contribution in [1.82, 2.24) is 19.1 Å². The van der Waals surface area contributed by atoms with E-state index in [0.717, 1.165) is 32.5 Å². The molecule has 4 aromatic heterocycles. The predicted molar refractivity (Wildman–Crippen MR) is 231 cm³/mol. The summed E-state index contributed by atoms with van der Waals surface area (Å²) in [5.74, 6) is 0.678. The lowest BCUT2D eigenvalue weighted by atomic mass is 9.94. The minimum absolute atomic E-state index is 0.678. The molecule has 8 aromatic carbocycles. The van der Waals surface area contributed by atoms with Gasteiger partial charge in [-0.1, -0.05) is 133 Å². The van der Waals surface area contributed by atoms with Crippen LogP contribution in [0.15, 0.2) is 170 Å². The summed E-state index contributed by atoms with van der Waals surface area (Å²) in [6, 6.07) is 61.8. The monoisotopic (exact) mass is 716 g/mol. The molecular formula is C50H28N4S. The van der Waals surface area contributed by atoms with Crippen LogP contribution >= 0.6 is 11.3 Å². The van der Waals surface area contributed by atoms with Gasteiger partial charge in [-0.05, 0) is 58.3 Å². The zero-order chi connectivity index (χ0) is 35.8. The first-order valence-corrected chi connectivity index (χ1v) is 19.5. The molecule has 1 aliphatic rings. The van der Waals surface area contributed by atoms with Gasteiger partial charge in [0.25, 0.3) is 0 Å². The van der Waals surface area contributed by atoms with E-state index >= 15 is 0 Å². The number of hydrogen-bond acceptors (Lipinski definition) is 3. The molecule has 0 saturated carbocycles. The Morgan fingerprint density at radius 1 is 0.418 bits per heavy atom. The summed E-state index contributed by atoms with van der Waals surface area (Å²) in [7, 11) is 0. The average molecular weight is 717 g/mol. The number of fused-ring (bicyclic) bond motifs is 15. The van der Waals surface area contributed by atoms with Crippen LogP contribution in [0.1, 0.15) is 0 Å². The summed E-state index contributed by atoms with van der Waals surface area (Å²) in [5.41, 5.74) is 12.8. The third kappa shape index (κ3) is 3.94. The second-order valence-corrected chi connectivity index (χ2v) is 15.6. The van der Waals surface area contributed by atoms with Crippen molar-refractivity contribution in [3.8, 4) is 45.1 Å². The van der Waals surface area contributed by atoms with Crippen molar-refractivity contribution in [2.75, 3.05) is 0 Å². The molecule has 0 unspecified atom stereocenters. The first-order valence-electron chi connectivity index (χ1n) is 18.7. The molecule has 1 aliphatic heterocycles. The molecule has 12 aromatic rings. The van der Waals surface area contributed by atoms with E-state index in [0.29, 0.717) is 5.95 Å². The van der Waals surface area contributed by atoms with Crippen molar-refractivity contribution in [2.24, 2.45) is 0 Å². The van der Waals surface area contributed by atoms with Crippen LogP contribution in [-0.4, -0.2) is 19.1 Å². The Kier molecular flexibility index (Phi) is 5.74. The van der Waals surface area contributed by atoms with Crippen molar-refractivity contribution >= 4 is 86.0 Å². The van der Waals surface area contributed by atoms with Crippen LogP contribution in [0.25, 0.3) is 120 Å². The summed E-state index contributed by atoms with van der Waals surface area (Å²) in [6.07, 6.45) is 0. The number of hydrogen-bond donors (Lipinski definition) is 0. The summed E-state index contributed by atoms with van der Waals surface area (Å²) in [5, 5.41) is 9.49. The Morgan fingerprint density at radius 2 is 1.07 bits per heavy atom. The van der Waals surface area contributed by atoms with E-state index in [-0.39, 0.29) is 0 Å². The highest BCUT2D eigenvalue weighted by Crippen LogP contribution is 2.48. The summed E-state index contributed by atoms with van der Waals surface area (Å²) < 4.78 is 6.00. The van der Waals surface area contributed by atoms with Crippen molar-refractivity contribution in [1.29, 1.82) is 0 Å². The summed E-state index contributed by atoms with van der Waals surface area (Å²) in [4.78, 5) is 12.0. The van der Waals surface area contributed by atoms with Crippen LogP contribution in [0.2, 0.25) is 0 Å². The van der Waals surface area contributed by atoms with Gasteiger partial charge < -0.3 is 4.57 Å². The van der Waals surface area contributed by atoms with E-state index < -0.39 is 0 Å². The van der Waals surface area contributed by atoms with Crippen molar-refractivity contribution < 1.29 is 0 Å². The number of para-hydroxylation sites is 3. The Morgan fingerprint density at radius 3 is 1.96 bits per heavy atom. The average Bonchev–Trinajstić information content (AvgIpc) is 3.86. The number of thiophene rings is 1. The van der Waals surface area contributed by atoms with E-state index in [1.165, 1.54) is 81.4 Å². The van der Waals surface area contributed by atoms with Crippen LogP contribution in [0.3, 0.4) is 0 Å². The fraction of sp³-hybridized carbons (Fsp3) is 0. The molecule has 0 spiro atoms. The lowest BCUT2D eigenvalue weighted by molar-refractivity contribution is 1.02. The van der Waals surface area contributed by atoms with Gasteiger partial charge in [0.15, 0.2) is 0 Å². The molecule has 5 heterocycles. The van der Waals surface area contributed by atoms with Gasteiger partial charge in [0, 0.05) is 53.7 Å². The molecule has 0 bridgehead atoms. The second kappa shape index (κ2) is 10.8. The lowest BCUT2D eigenvalue weighted by Crippen LogP contribution is -2.02. The first kappa shape index (κ1) is 29.4. The maximum absolute atomic E-state index is 5.55. The molecule has 254 valence electrons. The zero-order valence-electron chi connectivity index (χ0n) is 29.4. The largest absolute Gasteiger partial charge is 0.308 e. The van der Waals surface area contributed by atoms with Gasteiger partial charge in [0.1, 0.15) is 4.83 Å². The van der Waals surface area contributed by atoms with Gasteiger partial charge >= 0.3 is 0 Å². The highest BCUT2D eigenvalue weighted by atomic mass is 32.1. The quantitative estimate of drug-likeness (QED) is 0.179. The third-order valence-corrected chi connectivity index (χ3v) is 12.7. The zero-order valence-corrected chi connectivity index (χ0v) is 30.2. The van der Waals surface area contributed by atoms with Crippen molar-refractivity contribution in [2.45, 2.75) is 0 Å². The smallest absolute Gasteiger partial charge is 0.236 e. The Bertz CT molecular complexity index is 3620. The maximum atomic E-state index is 5.55. The highest BCUT2D eigenvalue weighted by Gasteiger charge is 2.26. The summed E-state index contributed by atoms with van der Waals surface area (Å²) >= 11 is 1.74. The number of benzene rings is 8. The standard InChI is InChI=1S/C50H28N4S/c1-2-13-30-26-31(25-24-29(30)12-1)47-46-38-18-7-10-23-45(38)55-49(46)52-50(51-47)54-42-22-9-6-17-35(42)39-27-43-40(28-44(39)54)37-20-11-19-36-33-15-4-3-14-32(33)34-16-5-8-21-41(34)53(43)48(36)37/h1-28H. The van der Waals surface area contributed by atoms with Gasteiger partial charge in [-0.15, -0.1) is 11.3 Å².